The van der Waals surface area contributed by atoms with Crippen LogP contribution >= 0.6 is 11.8 Å². The van der Waals surface area contributed by atoms with E-state index in [1.807, 2.05) is 39.0 Å². The molecule has 8 heteroatoms. The molecule has 26 heavy (non-hydrogen) atoms. The highest BCUT2D eigenvalue weighted by Crippen LogP contribution is 2.31. The van der Waals surface area contributed by atoms with Gasteiger partial charge in [-0.1, -0.05) is 6.07 Å². The number of sulfone groups is 1. The molecule has 1 amide bonds. The van der Waals surface area contributed by atoms with Crippen LogP contribution in [-0.4, -0.2) is 50.0 Å². The molecule has 6 nitrogen and oxygen atoms in total. The summed E-state index contributed by atoms with van der Waals surface area (Å²) in [6.45, 7) is 6.83. The van der Waals surface area contributed by atoms with Crippen molar-refractivity contribution in [2.45, 2.75) is 38.5 Å². The van der Waals surface area contributed by atoms with Crippen LogP contribution in [0, 0.1) is 0 Å². The largest absolute Gasteiger partial charge is 0.490 e. The van der Waals surface area contributed by atoms with Crippen LogP contribution in [0.2, 0.25) is 0 Å². The molecule has 1 fully saturated rings. The fourth-order valence-electron chi connectivity index (χ4n) is 2.79. The molecule has 0 saturated carbocycles. The zero-order valence-electron chi connectivity index (χ0n) is 15.5. The van der Waals surface area contributed by atoms with Crippen LogP contribution in [0.3, 0.4) is 0 Å². The average Bonchev–Trinajstić information content (AvgIpc) is 2.94. The number of ether oxygens (including phenoxy) is 2. The molecule has 1 aliphatic heterocycles. The number of amides is 1. The van der Waals surface area contributed by atoms with Gasteiger partial charge in [0.05, 0.1) is 36.5 Å². The molecule has 0 spiro atoms. The zero-order chi connectivity index (χ0) is 19.2. The van der Waals surface area contributed by atoms with Gasteiger partial charge < -0.3 is 14.8 Å². The molecule has 0 radical (unpaired) electrons. The predicted molar refractivity (Wildman–Crippen MR) is 105 cm³/mol. The number of carbonyl (C=O) groups is 1. The second kappa shape index (κ2) is 9.50. The van der Waals surface area contributed by atoms with Crippen LogP contribution in [0.15, 0.2) is 18.2 Å². The molecule has 2 rings (SSSR count). The molecule has 146 valence electrons. The van der Waals surface area contributed by atoms with Crippen molar-refractivity contribution in [1.82, 2.24) is 5.32 Å². The first-order chi connectivity index (χ1) is 12.3. The number of hydrogen-bond donors (Lipinski definition) is 1. The Hall–Kier alpha value is -1.41. The molecule has 1 heterocycles. The topological polar surface area (TPSA) is 81.7 Å². The van der Waals surface area contributed by atoms with Gasteiger partial charge in [0, 0.05) is 5.25 Å². The van der Waals surface area contributed by atoms with E-state index in [2.05, 4.69) is 5.32 Å². The molecule has 0 aromatic heterocycles. The van der Waals surface area contributed by atoms with Crippen molar-refractivity contribution in [2.24, 2.45) is 0 Å². The molecule has 1 N–H and O–H groups in total. The first-order valence-corrected chi connectivity index (χ1v) is 11.7. The van der Waals surface area contributed by atoms with Crippen molar-refractivity contribution in [1.29, 1.82) is 0 Å². The maximum atomic E-state index is 12.2. The number of rotatable bonds is 9. The van der Waals surface area contributed by atoms with Crippen LogP contribution in [-0.2, 0) is 14.6 Å². The Morgan fingerprint density at radius 1 is 1.27 bits per heavy atom. The predicted octanol–water partition coefficient (Wildman–Crippen LogP) is 2.58. The number of benzene rings is 1. The lowest BCUT2D eigenvalue weighted by atomic mass is 10.1. The highest BCUT2D eigenvalue weighted by atomic mass is 32.2. The Balaban J connectivity index is 1.90. The van der Waals surface area contributed by atoms with Gasteiger partial charge in [0.1, 0.15) is 0 Å². The summed E-state index contributed by atoms with van der Waals surface area (Å²) in [5.74, 6) is 1.93. The summed E-state index contributed by atoms with van der Waals surface area (Å²) < 4.78 is 34.1. The van der Waals surface area contributed by atoms with Crippen molar-refractivity contribution in [3.63, 3.8) is 0 Å². The molecular weight excluding hydrogens is 374 g/mol. The van der Waals surface area contributed by atoms with E-state index < -0.39 is 9.84 Å². The Morgan fingerprint density at radius 2 is 1.96 bits per heavy atom. The molecule has 1 aliphatic rings. The second-order valence-corrected chi connectivity index (χ2v) is 9.71. The van der Waals surface area contributed by atoms with Crippen molar-refractivity contribution in [3.05, 3.63) is 23.8 Å². The molecule has 1 saturated heterocycles. The van der Waals surface area contributed by atoms with Crippen LogP contribution in [0.25, 0.3) is 0 Å². The third-order valence-corrected chi connectivity index (χ3v) is 7.37. The summed E-state index contributed by atoms with van der Waals surface area (Å²) in [5.41, 5.74) is 0.929. The smallest absolute Gasteiger partial charge is 0.230 e. The summed E-state index contributed by atoms with van der Waals surface area (Å²) in [4.78, 5) is 12.2. The minimum atomic E-state index is -2.91. The van der Waals surface area contributed by atoms with Crippen molar-refractivity contribution >= 4 is 27.5 Å². The van der Waals surface area contributed by atoms with Crippen molar-refractivity contribution < 1.29 is 22.7 Å². The maximum Gasteiger partial charge on any atom is 0.230 e. The van der Waals surface area contributed by atoms with Gasteiger partial charge in [0.15, 0.2) is 21.3 Å². The van der Waals surface area contributed by atoms with Gasteiger partial charge in [0.25, 0.3) is 0 Å². The fraction of sp³-hybridized carbons (Fsp3) is 0.611. The van der Waals surface area contributed by atoms with E-state index in [9.17, 15) is 13.2 Å². The highest BCUT2D eigenvalue weighted by molar-refractivity contribution is 8.02. The minimum Gasteiger partial charge on any atom is -0.490 e. The Labute approximate surface area is 159 Å². The van der Waals surface area contributed by atoms with Crippen LogP contribution in [0.4, 0.5) is 0 Å². The molecule has 0 aliphatic carbocycles. The normalized spacial score (nSPS) is 19.7. The average molecular weight is 402 g/mol. The Bertz CT molecular complexity index is 720. The third-order valence-electron chi connectivity index (χ3n) is 4.09. The van der Waals surface area contributed by atoms with Gasteiger partial charge in [-0.3, -0.25) is 4.79 Å². The van der Waals surface area contributed by atoms with Gasteiger partial charge in [-0.15, -0.1) is 11.8 Å². The van der Waals surface area contributed by atoms with Gasteiger partial charge in [-0.25, -0.2) is 8.42 Å². The van der Waals surface area contributed by atoms with Gasteiger partial charge in [-0.05, 0) is 44.9 Å². The third kappa shape index (κ3) is 6.09. The van der Waals surface area contributed by atoms with Crippen LogP contribution in [0.5, 0.6) is 11.5 Å². The van der Waals surface area contributed by atoms with E-state index in [1.54, 1.807) is 0 Å². The summed E-state index contributed by atoms with van der Waals surface area (Å²) in [6.07, 6.45) is 0.631. The highest BCUT2D eigenvalue weighted by Gasteiger charge is 2.28. The molecule has 1 aromatic carbocycles. The lowest BCUT2D eigenvalue weighted by Crippen LogP contribution is -2.29. The van der Waals surface area contributed by atoms with E-state index in [4.69, 9.17) is 9.47 Å². The lowest BCUT2D eigenvalue weighted by molar-refractivity contribution is -0.119. The number of hydrogen-bond acceptors (Lipinski definition) is 6. The van der Waals surface area contributed by atoms with Gasteiger partial charge in [-0.2, -0.15) is 0 Å². The quantitative estimate of drug-likeness (QED) is 0.685. The maximum absolute atomic E-state index is 12.2. The zero-order valence-corrected chi connectivity index (χ0v) is 17.1. The van der Waals surface area contributed by atoms with Crippen LogP contribution < -0.4 is 14.8 Å². The number of carbonyl (C=O) groups excluding carboxylic acids is 1. The summed E-state index contributed by atoms with van der Waals surface area (Å²) in [6, 6.07) is 5.47. The van der Waals surface area contributed by atoms with Crippen molar-refractivity contribution in [2.75, 3.05) is 30.5 Å². The second-order valence-electron chi connectivity index (χ2n) is 6.20. The monoisotopic (exact) mass is 401 g/mol. The van der Waals surface area contributed by atoms with E-state index in [0.717, 1.165) is 5.56 Å². The van der Waals surface area contributed by atoms with Crippen LogP contribution in [0.1, 0.15) is 38.8 Å². The van der Waals surface area contributed by atoms with Gasteiger partial charge >= 0.3 is 0 Å². The van der Waals surface area contributed by atoms with E-state index >= 15 is 0 Å². The standard InChI is InChI=1S/C18H27NO5S2/c1-4-23-16-7-6-14(10-17(16)24-5-2)13(3)19-18(20)11-25-15-8-9-26(21,22)12-15/h6-7,10,13,15H,4-5,8-9,11-12H2,1-3H3,(H,19,20)/t13-,15+/m1/s1. The van der Waals surface area contributed by atoms with Gasteiger partial charge in [0.2, 0.25) is 5.91 Å². The van der Waals surface area contributed by atoms with E-state index in [0.29, 0.717) is 31.1 Å². The molecule has 1 aromatic rings. The lowest BCUT2D eigenvalue weighted by Gasteiger charge is -2.18. The molecule has 0 unspecified atom stereocenters. The summed E-state index contributed by atoms with van der Waals surface area (Å²) >= 11 is 1.42. The first kappa shape index (κ1) is 20.9. The summed E-state index contributed by atoms with van der Waals surface area (Å²) in [7, 11) is -2.91. The SMILES string of the molecule is CCOc1ccc([C@@H](C)NC(=O)CS[C@H]2CCS(=O)(=O)C2)cc1OCC. The fourth-order valence-corrected chi connectivity index (χ4v) is 6.24. The number of thioether (sulfide) groups is 1. The molecular formula is C18H27NO5S2. The Morgan fingerprint density at radius 3 is 2.58 bits per heavy atom. The molecule has 0 bridgehead atoms. The van der Waals surface area contributed by atoms with E-state index in [1.165, 1.54) is 11.8 Å². The Kier molecular flexibility index (Phi) is 7.64. The van der Waals surface area contributed by atoms with E-state index in [-0.39, 0.29) is 34.5 Å². The minimum absolute atomic E-state index is 0.0242. The van der Waals surface area contributed by atoms with Crippen molar-refractivity contribution in [3.8, 4) is 11.5 Å². The first-order valence-electron chi connectivity index (χ1n) is 8.85. The summed E-state index contributed by atoms with van der Waals surface area (Å²) in [5, 5.41) is 2.98. The molecule has 2 atom stereocenters. The number of nitrogens with one attached hydrogen (secondary N) is 1.